The maximum absolute atomic E-state index is 12.7. The maximum Gasteiger partial charge on any atom is 0.262 e. The summed E-state index contributed by atoms with van der Waals surface area (Å²) in [5, 5.41) is 12.5. The molecule has 2 heterocycles. The molecule has 1 N–H and O–H groups in total. The Hall–Kier alpha value is -3.66. The number of rotatable bonds is 6. The van der Waals surface area contributed by atoms with Gasteiger partial charge in [0.2, 0.25) is 0 Å². The molecular formula is C20H19N5O4S. The second-order valence-corrected chi connectivity index (χ2v) is 8.12. The summed E-state index contributed by atoms with van der Waals surface area (Å²) >= 11 is 0. The highest BCUT2D eigenvalue weighted by atomic mass is 32.2. The van der Waals surface area contributed by atoms with E-state index in [4.69, 9.17) is 9.47 Å². The molecule has 0 radical (unpaired) electrons. The van der Waals surface area contributed by atoms with Gasteiger partial charge in [0.1, 0.15) is 0 Å². The normalized spacial score (nSPS) is 11.4. The average molecular weight is 425 g/mol. The summed E-state index contributed by atoms with van der Waals surface area (Å²) in [6, 6.07) is 15.0. The Bertz CT molecular complexity index is 1320. The lowest BCUT2D eigenvalue weighted by Gasteiger charge is -2.12. The number of anilines is 1. The van der Waals surface area contributed by atoms with Gasteiger partial charge in [0.15, 0.2) is 23.0 Å². The Morgan fingerprint density at radius 1 is 0.900 bits per heavy atom. The van der Waals surface area contributed by atoms with Crippen LogP contribution in [0.3, 0.4) is 0 Å². The van der Waals surface area contributed by atoms with Crippen LogP contribution >= 0.6 is 0 Å². The molecule has 9 nitrogen and oxygen atoms in total. The molecule has 4 rings (SSSR count). The molecule has 0 amide bonds. The van der Waals surface area contributed by atoms with Crippen LogP contribution in [0, 0.1) is 6.92 Å². The molecule has 0 spiro atoms. The largest absolute Gasteiger partial charge is 0.493 e. The number of nitrogens with zero attached hydrogens (tertiary/aromatic N) is 4. The van der Waals surface area contributed by atoms with Crippen LogP contribution in [0.15, 0.2) is 59.5 Å². The first-order chi connectivity index (χ1) is 14.4. The summed E-state index contributed by atoms with van der Waals surface area (Å²) in [4.78, 5) is 0.0689. The van der Waals surface area contributed by atoms with Crippen molar-refractivity contribution in [2.75, 3.05) is 18.9 Å². The summed E-state index contributed by atoms with van der Waals surface area (Å²) in [5.41, 5.74) is 2.64. The van der Waals surface area contributed by atoms with E-state index in [0.29, 0.717) is 28.7 Å². The number of sulfonamides is 1. The van der Waals surface area contributed by atoms with Gasteiger partial charge in [-0.3, -0.25) is 4.72 Å². The summed E-state index contributed by atoms with van der Waals surface area (Å²) < 4.78 is 40.0. The van der Waals surface area contributed by atoms with Crippen molar-refractivity contribution in [1.29, 1.82) is 0 Å². The fourth-order valence-corrected chi connectivity index (χ4v) is 4.03. The lowest BCUT2D eigenvalue weighted by molar-refractivity contribution is 0.354. The molecule has 0 fully saturated rings. The molecule has 154 valence electrons. The number of ether oxygens (including phenoxy) is 2. The minimum absolute atomic E-state index is 0.0689. The minimum atomic E-state index is -3.80. The average Bonchev–Trinajstić information content (AvgIpc) is 3.13. The van der Waals surface area contributed by atoms with Crippen molar-refractivity contribution in [1.82, 2.24) is 19.8 Å². The molecule has 30 heavy (non-hydrogen) atoms. The molecule has 2 aromatic carbocycles. The lowest BCUT2D eigenvalue weighted by atomic mass is 10.1. The molecule has 0 atom stereocenters. The van der Waals surface area contributed by atoms with Crippen molar-refractivity contribution < 1.29 is 17.9 Å². The van der Waals surface area contributed by atoms with E-state index >= 15 is 0 Å². The Kier molecular flexibility index (Phi) is 5.00. The third-order valence-electron chi connectivity index (χ3n) is 4.52. The fraction of sp³-hybridized carbons (Fsp3) is 0.150. The van der Waals surface area contributed by atoms with Crippen LogP contribution in [0.2, 0.25) is 0 Å². The van der Waals surface area contributed by atoms with E-state index in [1.807, 2.05) is 19.1 Å². The number of fused-ring (bicyclic) bond motifs is 1. The fourth-order valence-electron chi connectivity index (χ4n) is 2.96. The summed E-state index contributed by atoms with van der Waals surface area (Å²) in [6.07, 6.45) is 0. The standard InChI is InChI=1S/C20H19N5O4S/c1-13-21-22-20-11-9-17(23-25(13)20)14-4-6-15(7-5-14)24-30(26,27)16-8-10-18(28-2)19(12-16)29-3/h4-12,24H,1-3H3. The van der Waals surface area contributed by atoms with Gasteiger partial charge < -0.3 is 9.47 Å². The van der Waals surface area contributed by atoms with Crippen molar-refractivity contribution in [3.05, 3.63) is 60.4 Å². The highest BCUT2D eigenvalue weighted by Crippen LogP contribution is 2.30. The number of hydrogen-bond donors (Lipinski definition) is 1. The first-order valence-corrected chi connectivity index (χ1v) is 10.4. The Labute approximate surface area is 173 Å². The van der Waals surface area contributed by atoms with Crippen molar-refractivity contribution in [3.63, 3.8) is 0 Å². The van der Waals surface area contributed by atoms with Crippen LogP contribution in [0.4, 0.5) is 5.69 Å². The van der Waals surface area contributed by atoms with Crippen LogP contribution < -0.4 is 14.2 Å². The van der Waals surface area contributed by atoms with E-state index in [0.717, 1.165) is 11.3 Å². The van der Waals surface area contributed by atoms with Crippen molar-refractivity contribution in [3.8, 4) is 22.8 Å². The lowest BCUT2D eigenvalue weighted by Crippen LogP contribution is -2.13. The van der Waals surface area contributed by atoms with Crippen LogP contribution in [-0.2, 0) is 10.0 Å². The van der Waals surface area contributed by atoms with Crippen LogP contribution in [-0.4, -0.2) is 42.4 Å². The zero-order chi connectivity index (χ0) is 21.3. The van der Waals surface area contributed by atoms with Crippen LogP contribution in [0.25, 0.3) is 16.9 Å². The van der Waals surface area contributed by atoms with Gasteiger partial charge in [-0.2, -0.15) is 9.61 Å². The van der Waals surface area contributed by atoms with E-state index < -0.39 is 10.0 Å². The van der Waals surface area contributed by atoms with Crippen molar-refractivity contribution in [2.45, 2.75) is 11.8 Å². The summed E-state index contributed by atoms with van der Waals surface area (Å²) in [6.45, 7) is 1.82. The Morgan fingerprint density at radius 2 is 1.63 bits per heavy atom. The van der Waals surface area contributed by atoms with Gasteiger partial charge in [-0.1, -0.05) is 12.1 Å². The summed E-state index contributed by atoms with van der Waals surface area (Å²) in [7, 11) is -0.856. The van der Waals surface area contributed by atoms with Gasteiger partial charge in [-0.05, 0) is 43.3 Å². The number of benzene rings is 2. The van der Waals surface area contributed by atoms with Crippen molar-refractivity contribution in [2.24, 2.45) is 0 Å². The molecule has 0 aliphatic rings. The zero-order valence-electron chi connectivity index (χ0n) is 16.5. The molecular weight excluding hydrogens is 406 g/mol. The molecule has 0 unspecified atom stereocenters. The molecule has 0 saturated carbocycles. The summed E-state index contributed by atoms with van der Waals surface area (Å²) in [5.74, 6) is 1.47. The minimum Gasteiger partial charge on any atom is -0.493 e. The van der Waals surface area contributed by atoms with Gasteiger partial charge in [0.25, 0.3) is 10.0 Å². The van der Waals surface area contributed by atoms with Crippen LogP contribution in [0.5, 0.6) is 11.5 Å². The highest BCUT2D eigenvalue weighted by Gasteiger charge is 2.17. The Balaban J connectivity index is 1.58. The predicted octanol–water partition coefficient (Wildman–Crippen LogP) is 2.92. The van der Waals surface area contributed by atoms with E-state index in [2.05, 4.69) is 20.0 Å². The number of aromatic nitrogens is 4. The maximum atomic E-state index is 12.7. The quantitative estimate of drug-likeness (QED) is 0.506. The van der Waals surface area contributed by atoms with E-state index in [1.54, 1.807) is 34.8 Å². The van der Waals surface area contributed by atoms with Gasteiger partial charge >= 0.3 is 0 Å². The first-order valence-electron chi connectivity index (χ1n) is 8.95. The Morgan fingerprint density at radius 3 is 2.33 bits per heavy atom. The zero-order valence-corrected chi connectivity index (χ0v) is 17.3. The molecule has 0 aliphatic carbocycles. The van der Waals surface area contributed by atoms with Gasteiger partial charge in [0.05, 0.1) is 24.8 Å². The smallest absolute Gasteiger partial charge is 0.262 e. The number of aryl methyl sites for hydroxylation is 1. The monoisotopic (exact) mass is 425 g/mol. The highest BCUT2D eigenvalue weighted by molar-refractivity contribution is 7.92. The first kappa shape index (κ1) is 19.6. The number of nitrogens with one attached hydrogen (secondary N) is 1. The molecule has 10 heteroatoms. The second-order valence-electron chi connectivity index (χ2n) is 6.44. The van der Waals surface area contributed by atoms with Gasteiger partial charge in [-0.15, -0.1) is 10.2 Å². The van der Waals surface area contributed by atoms with Gasteiger partial charge in [0, 0.05) is 17.3 Å². The molecule has 0 aliphatic heterocycles. The number of hydrogen-bond acceptors (Lipinski definition) is 7. The third-order valence-corrected chi connectivity index (χ3v) is 5.90. The molecule has 4 aromatic rings. The predicted molar refractivity (Wildman–Crippen MR) is 111 cm³/mol. The molecule has 0 saturated heterocycles. The van der Waals surface area contributed by atoms with E-state index in [1.165, 1.54) is 26.4 Å². The topological polar surface area (TPSA) is 108 Å². The third kappa shape index (κ3) is 3.64. The number of methoxy groups -OCH3 is 2. The van der Waals surface area contributed by atoms with Gasteiger partial charge in [-0.25, -0.2) is 8.42 Å². The SMILES string of the molecule is COc1ccc(S(=O)(=O)Nc2ccc(-c3ccc4nnc(C)n4n3)cc2)cc1OC. The van der Waals surface area contributed by atoms with E-state index in [-0.39, 0.29) is 4.90 Å². The van der Waals surface area contributed by atoms with E-state index in [9.17, 15) is 8.42 Å². The van der Waals surface area contributed by atoms with Crippen molar-refractivity contribution >= 4 is 21.4 Å². The van der Waals surface area contributed by atoms with Crippen LogP contribution in [0.1, 0.15) is 5.82 Å². The second kappa shape index (κ2) is 7.64. The molecule has 0 bridgehead atoms. The molecule has 2 aromatic heterocycles.